The third-order valence-corrected chi connectivity index (χ3v) is 4.93. The number of carbonyl (C=O) groups is 2. The zero-order chi connectivity index (χ0) is 16.9. The summed E-state index contributed by atoms with van der Waals surface area (Å²) in [5.41, 5.74) is 2.29. The first-order valence-electron chi connectivity index (χ1n) is 7.88. The first-order valence-corrected chi connectivity index (χ1v) is 8.70. The number of ether oxygens (including phenoxy) is 1. The van der Waals surface area contributed by atoms with E-state index >= 15 is 0 Å². The van der Waals surface area contributed by atoms with Gasteiger partial charge in [-0.05, 0) is 43.9 Å². The first-order chi connectivity index (χ1) is 11.7. The Kier molecular flexibility index (Phi) is 4.97. The van der Waals surface area contributed by atoms with Crippen molar-refractivity contribution >= 4 is 28.2 Å². The summed E-state index contributed by atoms with van der Waals surface area (Å²) in [6.45, 7) is 2.08. The molecule has 4 nitrogen and oxygen atoms in total. The zero-order valence-electron chi connectivity index (χ0n) is 13.3. The minimum atomic E-state index is -0.427. The molecule has 0 radical (unpaired) electrons. The minimum absolute atomic E-state index is 0.310. The Balaban J connectivity index is 1.81. The average molecular weight is 339 g/mol. The van der Waals surface area contributed by atoms with Crippen LogP contribution in [0.2, 0.25) is 0 Å². The van der Waals surface area contributed by atoms with E-state index in [-0.39, 0.29) is 5.97 Å². The van der Waals surface area contributed by atoms with Crippen LogP contribution in [0.25, 0.3) is 0 Å². The van der Waals surface area contributed by atoms with Gasteiger partial charge in [0.25, 0.3) is 0 Å². The topological polar surface area (TPSA) is 55.4 Å². The number of hydrogen-bond acceptors (Lipinski definition) is 4. The summed E-state index contributed by atoms with van der Waals surface area (Å²) in [7, 11) is 0. The van der Waals surface area contributed by atoms with Gasteiger partial charge in [0.2, 0.25) is 0 Å². The maximum atomic E-state index is 12.2. The molecule has 0 bridgehead atoms. The van der Waals surface area contributed by atoms with Crippen molar-refractivity contribution in [1.29, 1.82) is 0 Å². The lowest BCUT2D eigenvalue weighted by Gasteiger charge is -2.05. The largest absolute Gasteiger partial charge is 0.462 e. The number of thiophene rings is 1. The highest BCUT2D eigenvalue weighted by atomic mass is 32.1. The van der Waals surface area contributed by atoms with Gasteiger partial charge in [0.05, 0.1) is 12.2 Å². The molecule has 0 fully saturated rings. The number of benzene rings is 1. The molecule has 0 spiro atoms. The Morgan fingerprint density at radius 3 is 2.79 bits per heavy atom. The monoisotopic (exact) mass is 339 g/mol. The summed E-state index contributed by atoms with van der Waals surface area (Å²) in [4.78, 5) is 25.5. The molecule has 1 aliphatic rings. The van der Waals surface area contributed by atoms with Crippen molar-refractivity contribution < 1.29 is 14.3 Å². The Morgan fingerprint density at radius 2 is 2.04 bits per heavy atom. The first kappa shape index (κ1) is 16.3. The van der Waals surface area contributed by atoms with Crippen LogP contribution in [-0.2, 0) is 22.4 Å². The van der Waals surface area contributed by atoms with E-state index in [4.69, 9.17) is 4.74 Å². The van der Waals surface area contributed by atoms with E-state index in [9.17, 15) is 9.59 Å². The second kappa shape index (κ2) is 7.33. The normalized spacial score (nSPS) is 12.0. The van der Waals surface area contributed by atoms with Crippen LogP contribution in [0.1, 0.15) is 39.7 Å². The fraction of sp³-hybridized carbons (Fsp3) is 0.263. The van der Waals surface area contributed by atoms with Gasteiger partial charge in [-0.3, -0.25) is 4.79 Å². The molecule has 5 heteroatoms. The van der Waals surface area contributed by atoms with E-state index in [0.717, 1.165) is 35.3 Å². The van der Waals surface area contributed by atoms with Crippen molar-refractivity contribution in [3.8, 4) is 11.8 Å². The van der Waals surface area contributed by atoms with Gasteiger partial charge in [-0.2, -0.15) is 0 Å². The second-order valence-electron chi connectivity index (χ2n) is 5.35. The Bertz CT molecular complexity index is 828. The van der Waals surface area contributed by atoms with Gasteiger partial charge < -0.3 is 10.1 Å². The van der Waals surface area contributed by atoms with Crippen LogP contribution in [0.4, 0.5) is 5.00 Å². The smallest absolute Gasteiger partial charge is 0.341 e. The summed E-state index contributed by atoms with van der Waals surface area (Å²) in [5.74, 6) is 4.58. The van der Waals surface area contributed by atoms with Crippen LogP contribution in [0, 0.1) is 11.8 Å². The molecule has 1 aromatic carbocycles. The van der Waals surface area contributed by atoms with E-state index < -0.39 is 5.91 Å². The number of esters is 1. The van der Waals surface area contributed by atoms with Crippen molar-refractivity contribution in [2.24, 2.45) is 0 Å². The molecule has 1 amide bonds. The number of amides is 1. The molecule has 122 valence electrons. The fourth-order valence-electron chi connectivity index (χ4n) is 2.70. The highest BCUT2D eigenvalue weighted by molar-refractivity contribution is 7.17. The lowest BCUT2D eigenvalue weighted by molar-refractivity contribution is -0.111. The Hall–Kier alpha value is -2.58. The second-order valence-corrected chi connectivity index (χ2v) is 6.46. The summed E-state index contributed by atoms with van der Waals surface area (Å²) < 4.78 is 5.14. The van der Waals surface area contributed by atoms with Gasteiger partial charge in [-0.1, -0.05) is 24.1 Å². The van der Waals surface area contributed by atoms with Crippen molar-refractivity contribution in [2.75, 3.05) is 11.9 Å². The van der Waals surface area contributed by atoms with Crippen LogP contribution in [-0.4, -0.2) is 18.5 Å². The van der Waals surface area contributed by atoms with Crippen molar-refractivity contribution in [3.05, 3.63) is 51.9 Å². The van der Waals surface area contributed by atoms with E-state index in [2.05, 4.69) is 17.2 Å². The quantitative estimate of drug-likeness (QED) is 0.689. The maximum absolute atomic E-state index is 12.2. The number of nitrogens with one attached hydrogen (secondary N) is 1. The molecular weight excluding hydrogens is 322 g/mol. The Labute approximate surface area is 144 Å². The SMILES string of the molecule is CCOC(=O)c1c(NC(=O)C#Cc2ccccc2)sc2c1CCC2. The molecule has 1 heterocycles. The standard InChI is InChI=1S/C19H17NO3S/c1-2-23-19(22)17-14-9-6-10-15(14)24-18(17)20-16(21)12-11-13-7-4-3-5-8-13/h3-5,7-8H,2,6,9-10H2,1H3,(H,20,21). The van der Waals surface area contributed by atoms with Crippen LogP contribution in [0.5, 0.6) is 0 Å². The van der Waals surface area contributed by atoms with Crippen LogP contribution >= 0.6 is 11.3 Å². The summed E-state index contributed by atoms with van der Waals surface area (Å²) in [6, 6.07) is 9.30. The highest BCUT2D eigenvalue weighted by Gasteiger charge is 2.28. The molecule has 3 rings (SSSR count). The van der Waals surface area contributed by atoms with Gasteiger partial charge in [0.15, 0.2) is 0 Å². The lowest BCUT2D eigenvalue weighted by atomic mass is 10.1. The van der Waals surface area contributed by atoms with E-state index in [1.54, 1.807) is 6.92 Å². The van der Waals surface area contributed by atoms with E-state index in [0.29, 0.717) is 17.2 Å². The number of rotatable bonds is 3. The summed E-state index contributed by atoms with van der Waals surface area (Å²) >= 11 is 1.45. The summed E-state index contributed by atoms with van der Waals surface area (Å²) in [6.07, 6.45) is 2.83. The van der Waals surface area contributed by atoms with E-state index in [1.165, 1.54) is 11.3 Å². The summed E-state index contributed by atoms with van der Waals surface area (Å²) in [5, 5.41) is 3.30. The number of aryl methyl sites for hydroxylation is 1. The third kappa shape index (κ3) is 3.50. The molecule has 0 saturated carbocycles. The molecule has 0 saturated heterocycles. The molecule has 0 unspecified atom stereocenters. The molecule has 1 aliphatic carbocycles. The molecule has 2 aromatic rings. The van der Waals surface area contributed by atoms with Gasteiger partial charge in [-0.25, -0.2) is 4.79 Å². The van der Waals surface area contributed by atoms with Gasteiger partial charge in [0, 0.05) is 16.4 Å². The third-order valence-electron chi connectivity index (χ3n) is 3.72. The van der Waals surface area contributed by atoms with Gasteiger partial charge in [0.1, 0.15) is 5.00 Å². The molecule has 0 aliphatic heterocycles. The van der Waals surface area contributed by atoms with Gasteiger partial charge >= 0.3 is 11.9 Å². The van der Waals surface area contributed by atoms with Crippen molar-refractivity contribution in [2.45, 2.75) is 26.2 Å². The maximum Gasteiger partial charge on any atom is 0.341 e. The minimum Gasteiger partial charge on any atom is -0.462 e. The predicted octanol–water partition coefficient (Wildman–Crippen LogP) is 3.40. The van der Waals surface area contributed by atoms with Crippen LogP contribution in [0.3, 0.4) is 0 Å². The van der Waals surface area contributed by atoms with Crippen LogP contribution < -0.4 is 5.32 Å². The fourth-order valence-corrected chi connectivity index (χ4v) is 3.97. The van der Waals surface area contributed by atoms with Crippen LogP contribution in [0.15, 0.2) is 30.3 Å². The molecule has 0 atom stereocenters. The molecule has 1 aromatic heterocycles. The zero-order valence-corrected chi connectivity index (χ0v) is 14.2. The van der Waals surface area contributed by atoms with Gasteiger partial charge in [-0.15, -0.1) is 11.3 Å². The molecular formula is C19H17NO3S. The number of fused-ring (bicyclic) bond motifs is 1. The lowest BCUT2D eigenvalue weighted by Crippen LogP contribution is -2.13. The molecule has 24 heavy (non-hydrogen) atoms. The molecule has 1 N–H and O–H groups in total. The Morgan fingerprint density at radius 1 is 1.25 bits per heavy atom. The number of carbonyl (C=O) groups excluding carboxylic acids is 2. The van der Waals surface area contributed by atoms with Crippen molar-refractivity contribution in [1.82, 2.24) is 0 Å². The number of hydrogen-bond donors (Lipinski definition) is 1. The predicted molar refractivity (Wildman–Crippen MR) is 94.3 cm³/mol. The van der Waals surface area contributed by atoms with Crippen molar-refractivity contribution in [3.63, 3.8) is 0 Å². The van der Waals surface area contributed by atoms with E-state index in [1.807, 2.05) is 30.3 Å². The highest BCUT2D eigenvalue weighted by Crippen LogP contribution is 2.39. The number of anilines is 1. The average Bonchev–Trinajstić information content (AvgIpc) is 3.14.